The van der Waals surface area contributed by atoms with Crippen molar-refractivity contribution in [3.05, 3.63) is 51.6 Å². The fourth-order valence-corrected chi connectivity index (χ4v) is 4.27. The monoisotopic (exact) mass is 373 g/mol. The van der Waals surface area contributed by atoms with Crippen molar-refractivity contribution in [2.45, 2.75) is 20.3 Å². The molecule has 1 aliphatic rings. The van der Waals surface area contributed by atoms with Crippen molar-refractivity contribution >= 4 is 46.2 Å². The molecule has 1 aromatic carbocycles. The topological polar surface area (TPSA) is 46.6 Å². The Hall–Kier alpha value is -2.05. The molecule has 0 bridgehead atoms. The van der Waals surface area contributed by atoms with E-state index in [0.29, 0.717) is 28.5 Å². The van der Waals surface area contributed by atoms with E-state index < -0.39 is 0 Å². The SMILES string of the molecule is CCCOc1cccc(N2C(=O)C(SCC)=C(c3cccs3)C2=O)c1. The number of amides is 2. The first-order valence-electron chi connectivity index (χ1n) is 8.20. The van der Waals surface area contributed by atoms with Crippen LogP contribution in [0.1, 0.15) is 25.1 Å². The maximum atomic E-state index is 13.0. The highest BCUT2D eigenvalue weighted by atomic mass is 32.2. The number of carbonyl (C=O) groups is 2. The van der Waals surface area contributed by atoms with Crippen LogP contribution in [0.5, 0.6) is 5.75 Å². The van der Waals surface area contributed by atoms with Gasteiger partial charge in [-0.05, 0) is 35.8 Å². The molecule has 2 aromatic rings. The zero-order valence-corrected chi connectivity index (χ0v) is 15.8. The van der Waals surface area contributed by atoms with E-state index in [-0.39, 0.29) is 11.8 Å². The number of nitrogens with zero attached hydrogens (tertiary/aromatic N) is 1. The van der Waals surface area contributed by atoms with E-state index >= 15 is 0 Å². The maximum absolute atomic E-state index is 13.0. The van der Waals surface area contributed by atoms with Crippen LogP contribution in [0.15, 0.2) is 46.7 Å². The van der Waals surface area contributed by atoms with E-state index in [1.54, 1.807) is 18.2 Å². The number of thiophene rings is 1. The third-order valence-electron chi connectivity index (χ3n) is 3.65. The second kappa shape index (κ2) is 7.89. The number of benzene rings is 1. The standard InChI is InChI=1S/C19H19NO3S2/c1-3-10-23-14-8-5-7-13(12-14)20-18(21)16(15-9-6-11-25-15)17(19(20)22)24-4-2/h5-9,11-12H,3-4,10H2,1-2H3. The highest BCUT2D eigenvalue weighted by molar-refractivity contribution is 8.04. The van der Waals surface area contributed by atoms with E-state index in [4.69, 9.17) is 4.74 Å². The molecule has 0 fully saturated rings. The van der Waals surface area contributed by atoms with E-state index in [9.17, 15) is 9.59 Å². The summed E-state index contributed by atoms with van der Waals surface area (Å²) in [6.45, 7) is 4.60. The lowest BCUT2D eigenvalue weighted by Crippen LogP contribution is -2.31. The molecular formula is C19H19NO3S2. The van der Waals surface area contributed by atoms with Gasteiger partial charge in [-0.3, -0.25) is 9.59 Å². The maximum Gasteiger partial charge on any atom is 0.272 e. The first kappa shape index (κ1) is 17.8. The van der Waals surface area contributed by atoms with Crippen molar-refractivity contribution in [3.63, 3.8) is 0 Å². The summed E-state index contributed by atoms with van der Waals surface area (Å²) in [6, 6.07) is 10.9. The van der Waals surface area contributed by atoms with Crippen LogP contribution in [-0.4, -0.2) is 24.2 Å². The summed E-state index contributed by atoms with van der Waals surface area (Å²) in [6.07, 6.45) is 0.896. The van der Waals surface area contributed by atoms with Gasteiger partial charge in [0.25, 0.3) is 11.8 Å². The van der Waals surface area contributed by atoms with Gasteiger partial charge in [-0.1, -0.05) is 26.0 Å². The van der Waals surface area contributed by atoms with Crippen molar-refractivity contribution in [1.82, 2.24) is 0 Å². The van der Waals surface area contributed by atoms with Gasteiger partial charge in [0, 0.05) is 10.9 Å². The lowest BCUT2D eigenvalue weighted by atomic mass is 10.2. The number of carbonyl (C=O) groups excluding carboxylic acids is 2. The molecule has 2 heterocycles. The van der Waals surface area contributed by atoms with Crippen LogP contribution < -0.4 is 9.64 Å². The number of hydrogen-bond donors (Lipinski definition) is 0. The predicted octanol–water partition coefficient (Wildman–Crippen LogP) is 4.57. The summed E-state index contributed by atoms with van der Waals surface area (Å²) >= 11 is 2.89. The number of hydrogen-bond acceptors (Lipinski definition) is 5. The third-order valence-corrected chi connectivity index (χ3v) is 5.49. The summed E-state index contributed by atoms with van der Waals surface area (Å²) in [4.78, 5) is 28.6. The van der Waals surface area contributed by atoms with Gasteiger partial charge < -0.3 is 4.74 Å². The first-order valence-corrected chi connectivity index (χ1v) is 10.1. The van der Waals surface area contributed by atoms with Crippen LogP contribution in [0.2, 0.25) is 0 Å². The van der Waals surface area contributed by atoms with Gasteiger partial charge in [-0.25, -0.2) is 4.90 Å². The third kappa shape index (κ3) is 3.50. The molecule has 0 atom stereocenters. The van der Waals surface area contributed by atoms with Crippen molar-refractivity contribution in [2.24, 2.45) is 0 Å². The average Bonchev–Trinajstić information content (AvgIpc) is 3.21. The molecular weight excluding hydrogens is 354 g/mol. The molecule has 25 heavy (non-hydrogen) atoms. The van der Waals surface area contributed by atoms with Gasteiger partial charge in [0.15, 0.2) is 0 Å². The molecule has 0 saturated carbocycles. The van der Waals surface area contributed by atoms with Crippen LogP contribution >= 0.6 is 23.1 Å². The van der Waals surface area contributed by atoms with E-state index in [0.717, 1.165) is 17.1 Å². The number of anilines is 1. The molecule has 0 saturated heterocycles. The molecule has 3 rings (SSSR count). The summed E-state index contributed by atoms with van der Waals surface area (Å²) < 4.78 is 5.63. The van der Waals surface area contributed by atoms with Crippen molar-refractivity contribution in [1.29, 1.82) is 0 Å². The fourth-order valence-electron chi connectivity index (χ4n) is 2.59. The predicted molar refractivity (Wildman–Crippen MR) is 104 cm³/mol. The molecule has 6 heteroatoms. The first-order chi connectivity index (χ1) is 12.2. The summed E-state index contributed by atoms with van der Waals surface area (Å²) in [7, 11) is 0. The fraction of sp³-hybridized carbons (Fsp3) is 0.263. The zero-order chi connectivity index (χ0) is 17.8. The Morgan fingerprint density at radius 1 is 1.12 bits per heavy atom. The van der Waals surface area contributed by atoms with Gasteiger partial charge in [0.05, 0.1) is 22.8 Å². The largest absolute Gasteiger partial charge is 0.494 e. The van der Waals surface area contributed by atoms with Crippen LogP contribution in [0.4, 0.5) is 5.69 Å². The van der Waals surface area contributed by atoms with Crippen LogP contribution in [-0.2, 0) is 9.59 Å². The van der Waals surface area contributed by atoms with E-state index in [1.165, 1.54) is 28.0 Å². The van der Waals surface area contributed by atoms with Gasteiger partial charge in [0.2, 0.25) is 0 Å². The Balaban J connectivity index is 1.97. The molecule has 0 unspecified atom stereocenters. The molecule has 1 aromatic heterocycles. The van der Waals surface area contributed by atoms with E-state index in [1.807, 2.05) is 37.4 Å². The second-order valence-corrected chi connectivity index (χ2v) is 7.63. The van der Waals surface area contributed by atoms with E-state index in [2.05, 4.69) is 0 Å². The van der Waals surface area contributed by atoms with Crippen molar-refractivity contribution in [2.75, 3.05) is 17.3 Å². The Morgan fingerprint density at radius 3 is 2.64 bits per heavy atom. The Bertz CT molecular complexity index is 812. The minimum Gasteiger partial charge on any atom is -0.494 e. The minimum atomic E-state index is -0.268. The molecule has 2 amide bonds. The Kier molecular flexibility index (Phi) is 5.60. The molecule has 4 nitrogen and oxygen atoms in total. The number of rotatable bonds is 7. The molecule has 0 N–H and O–H groups in total. The van der Waals surface area contributed by atoms with Gasteiger partial charge in [-0.15, -0.1) is 23.1 Å². The summed E-state index contributed by atoms with van der Waals surface area (Å²) in [5, 5.41) is 1.91. The van der Waals surface area contributed by atoms with Gasteiger partial charge in [0.1, 0.15) is 5.75 Å². The normalized spacial score (nSPS) is 14.6. The highest BCUT2D eigenvalue weighted by Crippen LogP contribution is 2.40. The van der Waals surface area contributed by atoms with Crippen LogP contribution in [0, 0.1) is 0 Å². The molecule has 0 radical (unpaired) electrons. The molecule has 1 aliphatic heterocycles. The number of thioether (sulfide) groups is 1. The van der Waals surface area contributed by atoms with Crippen LogP contribution in [0.25, 0.3) is 5.57 Å². The summed E-state index contributed by atoms with van der Waals surface area (Å²) in [5.41, 5.74) is 1.05. The van der Waals surface area contributed by atoms with Gasteiger partial charge >= 0.3 is 0 Å². The second-order valence-electron chi connectivity index (χ2n) is 5.41. The summed E-state index contributed by atoms with van der Waals surface area (Å²) in [5.74, 6) is 0.870. The lowest BCUT2D eigenvalue weighted by molar-refractivity contribution is -0.119. The number of ether oxygens (including phenoxy) is 1. The minimum absolute atomic E-state index is 0.257. The molecule has 0 aliphatic carbocycles. The van der Waals surface area contributed by atoms with Gasteiger partial charge in [-0.2, -0.15) is 0 Å². The average molecular weight is 373 g/mol. The lowest BCUT2D eigenvalue weighted by Gasteiger charge is -2.16. The Labute approximate surface area is 155 Å². The number of imide groups is 1. The zero-order valence-electron chi connectivity index (χ0n) is 14.2. The van der Waals surface area contributed by atoms with Crippen LogP contribution in [0.3, 0.4) is 0 Å². The molecule has 0 spiro atoms. The Morgan fingerprint density at radius 2 is 1.96 bits per heavy atom. The van der Waals surface area contributed by atoms with Crippen molar-refractivity contribution < 1.29 is 14.3 Å². The quantitative estimate of drug-likeness (QED) is 0.667. The molecule has 130 valence electrons. The van der Waals surface area contributed by atoms with Crippen molar-refractivity contribution in [3.8, 4) is 5.75 Å². The highest BCUT2D eigenvalue weighted by Gasteiger charge is 2.40. The smallest absolute Gasteiger partial charge is 0.272 e.